The molecule has 0 radical (unpaired) electrons. The van der Waals surface area contributed by atoms with Crippen molar-refractivity contribution in [3.63, 3.8) is 0 Å². The predicted octanol–water partition coefficient (Wildman–Crippen LogP) is 4.48. The molecular weight excluding hydrogens is 295 g/mol. The lowest BCUT2D eigenvalue weighted by Crippen LogP contribution is -1.98. The molecule has 0 saturated heterocycles. The molecule has 0 aromatic heterocycles. The van der Waals surface area contributed by atoms with Crippen molar-refractivity contribution in [1.29, 1.82) is 0 Å². The highest BCUT2D eigenvalue weighted by Crippen LogP contribution is 2.29. The number of nitrogens with two attached hydrogens (primary N) is 1. The summed E-state index contributed by atoms with van der Waals surface area (Å²) in [7, 11) is 0. The molecule has 0 amide bonds. The Balaban J connectivity index is 2.30. The Hall–Kier alpha value is -1.55. The molecule has 0 fully saturated rings. The first-order valence-corrected chi connectivity index (χ1v) is 6.50. The third kappa shape index (κ3) is 2.82. The number of rotatable bonds is 3. The van der Waals surface area contributed by atoms with Crippen molar-refractivity contribution >= 4 is 33.0 Å². The van der Waals surface area contributed by atoms with E-state index >= 15 is 0 Å². The first kappa shape index (κ1) is 12.9. The number of benzene rings is 2. The molecule has 0 spiro atoms. The van der Waals surface area contributed by atoms with Crippen LogP contribution in [0.3, 0.4) is 0 Å². The number of nitrogen functional groups attached to an aromatic ring is 1. The van der Waals surface area contributed by atoms with E-state index < -0.39 is 0 Å². The van der Waals surface area contributed by atoms with Crippen LogP contribution in [0.5, 0.6) is 0 Å². The van der Waals surface area contributed by atoms with Crippen molar-refractivity contribution in [2.24, 2.45) is 0 Å². The van der Waals surface area contributed by atoms with Gasteiger partial charge < -0.3 is 11.1 Å². The molecule has 4 heteroatoms. The fraction of sp³-hybridized carbons (Fsp3) is 0.143. The summed E-state index contributed by atoms with van der Waals surface area (Å²) in [4.78, 5) is 0. The second kappa shape index (κ2) is 5.40. The van der Waals surface area contributed by atoms with Gasteiger partial charge in [-0.3, -0.25) is 0 Å². The summed E-state index contributed by atoms with van der Waals surface area (Å²) < 4.78 is 13.7. The highest BCUT2D eigenvalue weighted by Gasteiger charge is 2.06. The minimum atomic E-state index is -0.361. The summed E-state index contributed by atoms with van der Waals surface area (Å²) in [5, 5.41) is 3.19. The molecule has 0 aliphatic heterocycles. The van der Waals surface area contributed by atoms with E-state index in [0.717, 1.165) is 12.1 Å². The van der Waals surface area contributed by atoms with Crippen LogP contribution in [0.1, 0.15) is 12.5 Å². The van der Waals surface area contributed by atoms with Gasteiger partial charge in [-0.2, -0.15) is 0 Å². The van der Waals surface area contributed by atoms with Gasteiger partial charge in [0.05, 0.1) is 15.8 Å². The van der Waals surface area contributed by atoms with E-state index in [4.69, 9.17) is 5.73 Å². The Morgan fingerprint density at radius 1 is 1.28 bits per heavy atom. The van der Waals surface area contributed by atoms with Crippen molar-refractivity contribution in [2.45, 2.75) is 13.3 Å². The number of anilines is 3. The number of aryl methyl sites for hydroxylation is 1. The van der Waals surface area contributed by atoms with E-state index in [2.05, 4.69) is 40.3 Å². The van der Waals surface area contributed by atoms with Crippen LogP contribution in [-0.4, -0.2) is 0 Å². The van der Waals surface area contributed by atoms with Gasteiger partial charge in [0, 0.05) is 11.8 Å². The molecule has 3 N–H and O–H groups in total. The molecule has 0 atom stereocenters. The second-order valence-electron chi connectivity index (χ2n) is 4.03. The third-order valence-electron chi connectivity index (χ3n) is 2.71. The van der Waals surface area contributed by atoms with Gasteiger partial charge in [0.15, 0.2) is 0 Å². The Bertz CT molecular complexity index is 570. The summed E-state index contributed by atoms with van der Waals surface area (Å²) >= 11 is 3.15. The first-order chi connectivity index (χ1) is 8.60. The standard InChI is InChI=1S/C14H14BrFN2/c1-2-9-4-3-5-10(6-9)18-14-7-11(15)12(16)8-13(14)17/h3-8,18H,2,17H2,1H3. The van der Waals surface area contributed by atoms with Crippen LogP contribution in [0.4, 0.5) is 21.5 Å². The lowest BCUT2D eigenvalue weighted by Gasteiger charge is -2.11. The van der Waals surface area contributed by atoms with Gasteiger partial charge in [0.2, 0.25) is 0 Å². The maximum Gasteiger partial charge on any atom is 0.139 e. The Labute approximate surface area is 114 Å². The Kier molecular flexibility index (Phi) is 3.87. The monoisotopic (exact) mass is 308 g/mol. The zero-order valence-corrected chi connectivity index (χ0v) is 11.6. The van der Waals surface area contributed by atoms with Gasteiger partial charge in [-0.1, -0.05) is 19.1 Å². The SMILES string of the molecule is CCc1cccc(Nc2cc(Br)c(F)cc2N)c1. The predicted molar refractivity (Wildman–Crippen MR) is 77.6 cm³/mol. The van der Waals surface area contributed by atoms with Crippen LogP contribution in [0.25, 0.3) is 0 Å². The van der Waals surface area contributed by atoms with Crippen molar-refractivity contribution in [2.75, 3.05) is 11.1 Å². The highest BCUT2D eigenvalue weighted by molar-refractivity contribution is 9.10. The molecule has 2 aromatic carbocycles. The second-order valence-corrected chi connectivity index (χ2v) is 4.89. The lowest BCUT2D eigenvalue weighted by atomic mass is 10.1. The molecule has 18 heavy (non-hydrogen) atoms. The van der Waals surface area contributed by atoms with E-state index in [1.165, 1.54) is 11.6 Å². The van der Waals surface area contributed by atoms with Crippen LogP contribution in [0.2, 0.25) is 0 Å². The minimum absolute atomic E-state index is 0.361. The lowest BCUT2D eigenvalue weighted by molar-refractivity contribution is 0.622. The Morgan fingerprint density at radius 3 is 2.78 bits per heavy atom. The van der Waals surface area contributed by atoms with Crippen molar-refractivity contribution in [1.82, 2.24) is 0 Å². The quantitative estimate of drug-likeness (QED) is 0.821. The first-order valence-electron chi connectivity index (χ1n) is 5.70. The van der Waals surface area contributed by atoms with Gasteiger partial charge in [0.25, 0.3) is 0 Å². The van der Waals surface area contributed by atoms with Crippen LogP contribution in [-0.2, 0) is 6.42 Å². The van der Waals surface area contributed by atoms with Gasteiger partial charge >= 0.3 is 0 Å². The van der Waals surface area contributed by atoms with Crippen LogP contribution in [0.15, 0.2) is 40.9 Å². The van der Waals surface area contributed by atoms with E-state index in [0.29, 0.717) is 15.8 Å². The highest BCUT2D eigenvalue weighted by atomic mass is 79.9. The Morgan fingerprint density at radius 2 is 2.06 bits per heavy atom. The van der Waals surface area contributed by atoms with E-state index in [9.17, 15) is 4.39 Å². The van der Waals surface area contributed by atoms with Gasteiger partial charge in [-0.15, -0.1) is 0 Å². The summed E-state index contributed by atoms with van der Waals surface area (Å²) in [6.07, 6.45) is 0.970. The molecule has 0 aliphatic carbocycles. The molecule has 2 nitrogen and oxygen atoms in total. The number of nitrogens with one attached hydrogen (secondary N) is 1. The fourth-order valence-corrected chi connectivity index (χ4v) is 2.04. The smallest absolute Gasteiger partial charge is 0.139 e. The molecular formula is C14H14BrFN2. The maximum atomic E-state index is 13.3. The average Bonchev–Trinajstić information content (AvgIpc) is 2.36. The van der Waals surface area contributed by atoms with Gasteiger partial charge in [0.1, 0.15) is 5.82 Å². The summed E-state index contributed by atoms with van der Waals surface area (Å²) in [6.45, 7) is 2.10. The molecule has 0 unspecified atom stereocenters. The van der Waals surface area contributed by atoms with Crippen molar-refractivity contribution < 1.29 is 4.39 Å². The van der Waals surface area contributed by atoms with Gasteiger partial charge in [-0.05, 0) is 46.1 Å². The molecule has 0 aliphatic rings. The van der Waals surface area contributed by atoms with Crippen molar-refractivity contribution in [3.05, 3.63) is 52.3 Å². The fourth-order valence-electron chi connectivity index (χ4n) is 1.69. The molecule has 0 heterocycles. The normalized spacial score (nSPS) is 10.4. The van der Waals surface area contributed by atoms with Crippen LogP contribution >= 0.6 is 15.9 Å². The van der Waals surface area contributed by atoms with E-state index in [-0.39, 0.29) is 5.82 Å². The maximum absolute atomic E-state index is 13.3. The average molecular weight is 309 g/mol. The van der Waals surface area contributed by atoms with Crippen molar-refractivity contribution in [3.8, 4) is 0 Å². The number of hydrogen-bond acceptors (Lipinski definition) is 2. The molecule has 0 bridgehead atoms. The largest absolute Gasteiger partial charge is 0.397 e. The number of hydrogen-bond donors (Lipinski definition) is 2. The molecule has 2 rings (SSSR count). The summed E-state index contributed by atoms with van der Waals surface area (Å²) in [5.41, 5.74) is 9.04. The molecule has 2 aromatic rings. The molecule has 94 valence electrons. The third-order valence-corrected chi connectivity index (χ3v) is 3.31. The number of halogens is 2. The summed E-state index contributed by atoms with van der Waals surface area (Å²) in [6, 6.07) is 11.0. The minimum Gasteiger partial charge on any atom is -0.397 e. The zero-order valence-electron chi connectivity index (χ0n) is 10.0. The summed E-state index contributed by atoms with van der Waals surface area (Å²) in [5.74, 6) is -0.361. The van der Waals surface area contributed by atoms with Crippen LogP contribution in [0, 0.1) is 5.82 Å². The van der Waals surface area contributed by atoms with Crippen LogP contribution < -0.4 is 11.1 Å². The topological polar surface area (TPSA) is 38.0 Å². The molecule has 0 saturated carbocycles. The zero-order chi connectivity index (χ0) is 13.1. The van der Waals surface area contributed by atoms with E-state index in [1.807, 2.05) is 12.1 Å². The van der Waals surface area contributed by atoms with Gasteiger partial charge in [-0.25, -0.2) is 4.39 Å². The van der Waals surface area contributed by atoms with E-state index in [1.54, 1.807) is 6.07 Å².